The molecule has 0 saturated carbocycles. The van der Waals surface area contributed by atoms with Gasteiger partial charge in [0.05, 0.1) is 12.7 Å². The van der Waals surface area contributed by atoms with E-state index in [-0.39, 0.29) is 17.9 Å². The van der Waals surface area contributed by atoms with Gasteiger partial charge >= 0.3 is 5.97 Å². The first-order valence-electron chi connectivity index (χ1n) is 7.45. The molecule has 0 amide bonds. The van der Waals surface area contributed by atoms with Gasteiger partial charge in [0.1, 0.15) is 5.92 Å². The molecule has 21 heavy (non-hydrogen) atoms. The first-order chi connectivity index (χ1) is 9.90. The summed E-state index contributed by atoms with van der Waals surface area (Å²) in [4.78, 5) is 14.6. The predicted molar refractivity (Wildman–Crippen MR) is 82.0 cm³/mol. The largest absolute Gasteiger partial charge is 0.468 e. The van der Waals surface area contributed by atoms with E-state index in [0.717, 1.165) is 12.1 Å². The maximum atomic E-state index is 12.4. The second-order valence-corrected chi connectivity index (χ2v) is 6.25. The number of carbonyl (C=O) groups is 1. The number of hydrogen-bond donors (Lipinski definition) is 1. The minimum absolute atomic E-state index is 0.0111. The monoisotopic (exact) mass is 291 g/mol. The second kappa shape index (κ2) is 6.16. The number of likely N-dealkylation sites (tertiary alicyclic amines) is 1. The smallest absolute Gasteiger partial charge is 0.316 e. The molecule has 1 aliphatic rings. The molecule has 4 heteroatoms. The van der Waals surface area contributed by atoms with Crippen LogP contribution in [-0.2, 0) is 9.53 Å². The van der Waals surface area contributed by atoms with Crippen molar-refractivity contribution in [3.05, 3.63) is 35.9 Å². The Balaban J connectivity index is 2.42. The molecule has 1 heterocycles. The maximum Gasteiger partial charge on any atom is 0.316 e. The number of nitrogens with zero attached hydrogens (tertiary/aromatic N) is 1. The van der Waals surface area contributed by atoms with Crippen molar-refractivity contribution in [3.63, 3.8) is 0 Å². The molecule has 0 aromatic heterocycles. The van der Waals surface area contributed by atoms with Crippen molar-refractivity contribution in [2.24, 2.45) is 5.92 Å². The number of hydrogen-bond acceptors (Lipinski definition) is 4. The molecule has 2 rings (SSSR count). The third-order valence-corrected chi connectivity index (χ3v) is 4.86. The summed E-state index contributed by atoms with van der Waals surface area (Å²) in [5, 5.41) is 11.3. The van der Waals surface area contributed by atoms with Crippen LogP contribution in [0, 0.1) is 5.92 Å². The molecule has 1 aromatic carbocycles. The zero-order chi connectivity index (χ0) is 15.6. The standard InChI is InChI=1S/C17H25NO3/c1-12-11-18(3)13(2)10-17(12,20)15(16(19)21-4)14-8-6-5-7-9-14/h5-9,12-13,15,20H,10-11H2,1-4H3/t12-,13-,15+,17+/m1/s1. The Bertz CT molecular complexity index is 490. The first kappa shape index (κ1) is 16.0. The van der Waals surface area contributed by atoms with Gasteiger partial charge in [-0.15, -0.1) is 0 Å². The predicted octanol–water partition coefficient (Wildman–Crippen LogP) is 2.03. The van der Waals surface area contributed by atoms with Crippen LogP contribution in [0.15, 0.2) is 30.3 Å². The maximum absolute atomic E-state index is 12.4. The number of aliphatic hydroxyl groups is 1. The summed E-state index contributed by atoms with van der Waals surface area (Å²) >= 11 is 0. The van der Waals surface area contributed by atoms with Gasteiger partial charge in [-0.25, -0.2) is 0 Å². The van der Waals surface area contributed by atoms with Gasteiger partial charge in [0.2, 0.25) is 0 Å². The van der Waals surface area contributed by atoms with Crippen molar-refractivity contribution in [1.29, 1.82) is 0 Å². The number of piperidine rings is 1. The summed E-state index contributed by atoms with van der Waals surface area (Å²) < 4.78 is 4.98. The lowest BCUT2D eigenvalue weighted by Gasteiger charge is -2.48. The number of esters is 1. The van der Waals surface area contributed by atoms with Crippen LogP contribution in [-0.4, -0.2) is 48.3 Å². The number of rotatable bonds is 3. The Labute approximate surface area is 126 Å². The summed E-state index contributed by atoms with van der Waals surface area (Å²) in [5.74, 6) is -1.02. The Morgan fingerprint density at radius 3 is 2.57 bits per heavy atom. The molecule has 1 aromatic rings. The summed E-state index contributed by atoms with van der Waals surface area (Å²) in [7, 11) is 3.43. The molecule has 0 spiro atoms. The van der Waals surface area contributed by atoms with Gasteiger partial charge in [-0.2, -0.15) is 0 Å². The molecule has 4 nitrogen and oxygen atoms in total. The van der Waals surface area contributed by atoms with Gasteiger partial charge < -0.3 is 14.7 Å². The summed E-state index contributed by atoms with van der Waals surface area (Å²) in [6.45, 7) is 4.84. The third-order valence-electron chi connectivity index (χ3n) is 4.86. The number of ether oxygens (including phenoxy) is 1. The van der Waals surface area contributed by atoms with Gasteiger partial charge in [0.25, 0.3) is 0 Å². The fourth-order valence-corrected chi connectivity index (χ4v) is 3.39. The lowest BCUT2D eigenvalue weighted by atomic mass is 9.68. The minimum atomic E-state index is -1.08. The van der Waals surface area contributed by atoms with Crippen LogP contribution < -0.4 is 0 Å². The van der Waals surface area contributed by atoms with Crippen molar-refractivity contribution in [3.8, 4) is 0 Å². The lowest BCUT2D eigenvalue weighted by molar-refractivity contribution is -0.159. The van der Waals surface area contributed by atoms with Crippen molar-refractivity contribution in [2.75, 3.05) is 20.7 Å². The molecule has 0 bridgehead atoms. The van der Waals surface area contributed by atoms with Crippen LogP contribution in [0.3, 0.4) is 0 Å². The van der Waals surface area contributed by atoms with E-state index in [1.807, 2.05) is 37.3 Å². The van der Waals surface area contributed by atoms with Crippen LogP contribution >= 0.6 is 0 Å². The molecule has 4 atom stereocenters. The van der Waals surface area contributed by atoms with E-state index in [2.05, 4.69) is 18.9 Å². The van der Waals surface area contributed by atoms with Gasteiger partial charge in [-0.1, -0.05) is 37.3 Å². The third kappa shape index (κ3) is 2.97. The molecular formula is C17H25NO3. The molecule has 1 aliphatic heterocycles. The zero-order valence-electron chi connectivity index (χ0n) is 13.2. The number of carbonyl (C=O) groups excluding carboxylic acids is 1. The van der Waals surface area contributed by atoms with E-state index in [1.165, 1.54) is 7.11 Å². The van der Waals surface area contributed by atoms with Gasteiger partial charge in [-0.3, -0.25) is 4.79 Å². The van der Waals surface area contributed by atoms with Crippen LogP contribution in [0.5, 0.6) is 0 Å². The SMILES string of the molecule is COC(=O)[C@H](c1ccccc1)[C@]1(O)C[C@@H](C)N(C)C[C@H]1C. The number of methoxy groups -OCH3 is 1. The van der Waals surface area contributed by atoms with E-state index >= 15 is 0 Å². The molecule has 1 saturated heterocycles. The Hall–Kier alpha value is -1.39. The normalized spacial score (nSPS) is 31.7. The fraction of sp³-hybridized carbons (Fsp3) is 0.588. The lowest BCUT2D eigenvalue weighted by Crippen LogP contribution is -2.57. The highest BCUT2D eigenvalue weighted by Gasteiger charge is 2.50. The molecule has 0 unspecified atom stereocenters. The van der Waals surface area contributed by atoms with Crippen molar-refractivity contribution >= 4 is 5.97 Å². The van der Waals surface area contributed by atoms with Crippen LogP contribution in [0.1, 0.15) is 31.7 Å². The van der Waals surface area contributed by atoms with Crippen LogP contribution in [0.2, 0.25) is 0 Å². The fourth-order valence-electron chi connectivity index (χ4n) is 3.39. The van der Waals surface area contributed by atoms with Gasteiger partial charge in [0, 0.05) is 12.6 Å². The van der Waals surface area contributed by atoms with E-state index in [1.54, 1.807) is 0 Å². The van der Waals surface area contributed by atoms with E-state index < -0.39 is 11.5 Å². The molecular weight excluding hydrogens is 266 g/mol. The Morgan fingerprint density at radius 1 is 1.38 bits per heavy atom. The van der Waals surface area contributed by atoms with Crippen molar-refractivity contribution < 1.29 is 14.6 Å². The molecule has 1 fully saturated rings. The Morgan fingerprint density at radius 2 is 2.00 bits per heavy atom. The van der Waals surface area contributed by atoms with Crippen molar-refractivity contribution in [2.45, 2.75) is 37.8 Å². The van der Waals surface area contributed by atoms with E-state index in [0.29, 0.717) is 6.42 Å². The Kier molecular flexibility index (Phi) is 4.69. The summed E-state index contributed by atoms with van der Waals surface area (Å²) in [6, 6.07) is 9.67. The summed E-state index contributed by atoms with van der Waals surface area (Å²) in [6.07, 6.45) is 0.555. The van der Waals surface area contributed by atoms with Gasteiger partial charge in [-0.05, 0) is 31.9 Å². The average molecular weight is 291 g/mol. The first-order valence-corrected chi connectivity index (χ1v) is 7.45. The van der Waals surface area contributed by atoms with E-state index in [9.17, 15) is 9.90 Å². The quantitative estimate of drug-likeness (QED) is 0.866. The number of benzene rings is 1. The second-order valence-electron chi connectivity index (χ2n) is 6.25. The summed E-state index contributed by atoms with van der Waals surface area (Å²) in [5.41, 5.74) is -0.268. The zero-order valence-corrected chi connectivity index (χ0v) is 13.2. The van der Waals surface area contributed by atoms with Crippen molar-refractivity contribution in [1.82, 2.24) is 4.90 Å². The average Bonchev–Trinajstić information content (AvgIpc) is 2.46. The van der Waals surface area contributed by atoms with Crippen LogP contribution in [0.25, 0.3) is 0 Å². The van der Waals surface area contributed by atoms with Gasteiger partial charge in [0.15, 0.2) is 0 Å². The highest BCUT2D eigenvalue weighted by atomic mass is 16.5. The highest BCUT2D eigenvalue weighted by molar-refractivity contribution is 5.79. The van der Waals surface area contributed by atoms with E-state index in [4.69, 9.17) is 4.74 Å². The minimum Gasteiger partial charge on any atom is -0.468 e. The molecule has 116 valence electrons. The molecule has 1 N–H and O–H groups in total. The van der Waals surface area contributed by atoms with Crippen LogP contribution in [0.4, 0.5) is 0 Å². The molecule has 0 radical (unpaired) electrons. The topological polar surface area (TPSA) is 49.8 Å². The molecule has 0 aliphatic carbocycles. The highest BCUT2D eigenvalue weighted by Crippen LogP contribution is 2.42.